The molecule has 0 aromatic carbocycles. The summed E-state index contributed by atoms with van der Waals surface area (Å²) in [5, 5.41) is 9.13. The van der Waals surface area contributed by atoms with Gasteiger partial charge < -0.3 is 5.32 Å². The number of H-pyrrole nitrogens is 1. The molecule has 24 heavy (non-hydrogen) atoms. The average Bonchev–Trinajstić information content (AvgIpc) is 3.19. The lowest BCUT2D eigenvalue weighted by molar-refractivity contribution is -0.140. The van der Waals surface area contributed by atoms with Gasteiger partial charge in [-0.2, -0.15) is 18.3 Å². The van der Waals surface area contributed by atoms with Gasteiger partial charge in [-0.1, -0.05) is 6.42 Å². The van der Waals surface area contributed by atoms with E-state index in [1.165, 1.54) is 23.9 Å². The molecule has 1 saturated heterocycles. The highest BCUT2D eigenvalue weighted by Crippen LogP contribution is 2.45. The van der Waals surface area contributed by atoms with Crippen LogP contribution in [-0.2, 0) is 6.18 Å². The Morgan fingerprint density at radius 3 is 2.83 bits per heavy atom. The number of piperidine rings is 1. The van der Waals surface area contributed by atoms with Gasteiger partial charge in [-0.15, -0.1) is 11.3 Å². The van der Waals surface area contributed by atoms with E-state index < -0.39 is 11.9 Å². The highest BCUT2D eigenvalue weighted by atomic mass is 32.1. The Hall–Kier alpha value is -2.00. The third kappa shape index (κ3) is 2.57. The number of aromatic nitrogens is 4. The average molecular weight is 353 g/mol. The smallest absolute Gasteiger partial charge is 0.310 e. The minimum Gasteiger partial charge on any atom is -0.310 e. The van der Waals surface area contributed by atoms with Crippen molar-refractivity contribution in [2.75, 3.05) is 6.54 Å². The van der Waals surface area contributed by atoms with E-state index in [1.807, 2.05) is 0 Å². The lowest BCUT2D eigenvalue weighted by Crippen LogP contribution is -2.27. The van der Waals surface area contributed by atoms with E-state index in [9.17, 15) is 13.2 Å². The van der Waals surface area contributed by atoms with E-state index in [1.54, 1.807) is 6.20 Å². The normalized spacial score (nSPS) is 19.0. The Kier molecular flexibility index (Phi) is 3.76. The van der Waals surface area contributed by atoms with Gasteiger partial charge in [-0.25, -0.2) is 9.97 Å². The Bertz CT molecular complexity index is 863. The second-order valence-corrected chi connectivity index (χ2v) is 6.79. The van der Waals surface area contributed by atoms with Crippen LogP contribution in [0.2, 0.25) is 0 Å². The molecule has 1 atom stereocenters. The molecule has 0 saturated carbocycles. The molecule has 9 heteroatoms. The second-order valence-electron chi connectivity index (χ2n) is 5.74. The molecule has 0 bridgehead atoms. The molecule has 0 unspecified atom stereocenters. The first kappa shape index (κ1) is 15.5. The fraction of sp³-hybridized carbons (Fsp3) is 0.400. The molecular weight excluding hydrogens is 339 g/mol. The summed E-state index contributed by atoms with van der Waals surface area (Å²) in [5.41, 5.74) is 0.801. The number of thiophene rings is 1. The lowest BCUT2D eigenvalue weighted by atomic mass is 9.95. The first-order valence-electron chi connectivity index (χ1n) is 7.62. The summed E-state index contributed by atoms with van der Waals surface area (Å²) < 4.78 is 40.6. The van der Waals surface area contributed by atoms with Crippen LogP contribution >= 0.6 is 11.3 Å². The molecule has 3 aromatic rings. The summed E-state index contributed by atoms with van der Waals surface area (Å²) in [4.78, 5) is 8.89. The number of halogens is 3. The van der Waals surface area contributed by atoms with Crippen LogP contribution in [0.1, 0.15) is 36.6 Å². The van der Waals surface area contributed by atoms with Gasteiger partial charge in [0.2, 0.25) is 0 Å². The Morgan fingerprint density at radius 1 is 1.21 bits per heavy atom. The van der Waals surface area contributed by atoms with Gasteiger partial charge in [-0.05, 0) is 19.4 Å². The maximum atomic E-state index is 13.3. The van der Waals surface area contributed by atoms with E-state index in [-0.39, 0.29) is 11.6 Å². The summed E-state index contributed by atoms with van der Waals surface area (Å²) in [6.45, 7) is 0.851. The third-order valence-corrected chi connectivity index (χ3v) is 5.38. The van der Waals surface area contributed by atoms with Crippen LogP contribution in [0.3, 0.4) is 0 Å². The van der Waals surface area contributed by atoms with Crippen LogP contribution in [0.4, 0.5) is 13.2 Å². The summed E-state index contributed by atoms with van der Waals surface area (Å²) >= 11 is 1.28. The minimum absolute atomic E-state index is 0.00613. The number of fused-ring (bicyclic) bond motifs is 1. The molecule has 2 N–H and O–H groups in total. The zero-order valence-electron chi connectivity index (χ0n) is 12.5. The Morgan fingerprint density at radius 2 is 2.08 bits per heavy atom. The molecule has 126 valence electrons. The topological polar surface area (TPSA) is 66.5 Å². The van der Waals surface area contributed by atoms with Crippen molar-refractivity contribution >= 4 is 21.6 Å². The van der Waals surface area contributed by atoms with Crippen molar-refractivity contribution in [3.63, 3.8) is 0 Å². The Balaban J connectivity index is 1.94. The molecule has 4 rings (SSSR count). The number of hydrogen-bond acceptors (Lipinski definition) is 5. The predicted molar refractivity (Wildman–Crippen MR) is 84.6 cm³/mol. The van der Waals surface area contributed by atoms with Crippen molar-refractivity contribution in [2.45, 2.75) is 31.5 Å². The molecule has 1 fully saturated rings. The van der Waals surface area contributed by atoms with E-state index in [0.717, 1.165) is 41.6 Å². The van der Waals surface area contributed by atoms with E-state index in [4.69, 9.17) is 0 Å². The lowest BCUT2D eigenvalue weighted by Gasteiger charge is -2.24. The van der Waals surface area contributed by atoms with Crippen molar-refractivity contribution in [2.24, 2.45) is 0 Å². The van der Waals surface area contributed by atoms with Gasteiger partial charge in [0.25, 0.3) is 0 Å². The van der Waals surface area contributed by atoms with Gasteiger partial charge in [0.05, 0.1) is 16.4 Å². The van der Waals surface area contributed by atoms with Crippen molar-refractivity contribution in [1.29, 1.82) is 0 Å². The standard InChI is InChI=1S/C15H14F3N5S/c16-15(17,18)14-8(5-22-23-14)13-11(9-3-1-2-4-20-9)12-10(24-13)6-19-7-21-12/h5-7,9,20H,1-4H2,(H,22,23)/t9-/m0/s1. The molecule has 4 heterocycles. The van der Waals surface area contributed by atoms with E-state index in [0.29, 0.717) is 4.88 Å². The molecule has 0 radical (unpaired) electrons. The van der Waals surface area contributed by atoms with Crippen molar-refractivity contribution in [1.82, 2.24) is 25.5 Å². The predicted octanol–water partition coefficient (Wildman–Crippen LogP) is 3.91. The van der Waals surface area contributed by atoms with Crippen LogP contribution in [0.5, 0.6) is 0 Å². The number of nitrogens with zero attached hydrogens (tertiary/aromatic N) is 3. The van der Waals surface area contributed by atoms with E-state index in [2.05, 4.69) is 25.5 Å². The number of hydrogen-bond donors (Lipinski definition) is 2. The highest BCUT2D eigenvalue weighted by Gasteiger charge is 2.38. The van der Waals surface area contributed by atoms with Gasteiger partial charge in [0, 0.05) is 28.2 Å². The van der Waals surface area contributed by atoms with Crippen molar-refractivity contribution in [3.05, 3.63) is 30.0 Å². The van der Waals surface area contributed by atoms with Gasteiger partial charge in [0.15, 0.2) is 0 Å². The molecule has 0 aliphatic carbocycles. The molecule has 0 amide bonds. The molecule has 3 aromatic heterocycles. The van der Waals surface area contributed by atoms with Crippen molar-refractivity contribution < 1.29 is 13.2 Å². The molecular formula is C15H14F3N5S. The first-order valence-corrected chi connectivity index (χ1v) is 8.44. The molecule has 1 aliphatic heterocycles. The van der Waals surface area contributed by atoms with Crippen LogP contribution in [-0.4, -0.2) is 26.7 Å². The number of rotatable bonds is 2. The third-order valence-electron chi connectivity index (χ3n) is 4.22. The van der Waals surface area contributed by atoms with Crippen LogP contribution < -0.4 is 5.32 Å². The van der Waals surface area contributed by atoms with Gasteiger partial charge >= 0.3 is 6.18 Å². The zero-order chi connectivity index (χ0) is 16.7. The molecule has 0 spiro atoms. The number of nitrogens with one attached hydrogen (secondary N) is 2. The second kappa shape index (κ2) is 5.82. The van der Waals surface area contributed by atoms with Crippen LogP contribution in [0, 0.1) is 0 Å². The van der Waals surface area contributed by atoms with Gasteiger partial charge in [0.1, 0.15) is 12.0 Å². The zero-order valence-corrected chi connectivity index (χ0v) is 13.3. The van der Waals surface area contributed by atoms with Crippen molar-refractivity contribution in [3.8, 4) is 10.4 Å². The number of aromatic amines is 1. The van der Waals surface area contributed by atoms with Gasteiger partial charge in [-0.3, -0.25) is 5.10 Å². The van der Waals surface area contributed by atoms with Crippen LogP contribution in [0.15, 0.2) is 18.7 Å². The summed E-state index contributed by atoms with van der Waals surface area (Å²) in [7, 11) is 0. The fourth-order valence-electron chi connectivity index (χ4n) is 3.16. The van der Waals surface area contributed by atoms with Crippen LogP contribution in [0.25, 0.3) is 20.7 Å². The largest absolute Gasteiger partial charge is 0.433 e. The molecule has 5 nitrogen and oxygen atoms in total. The SMILES string of the molecule is FC(F)(F)c1[nH]ncc1-c1sc2cncnc2c1[C@@H]1CCCCN1. The monoisotopic (exact) mass is 353 g/mol. The quantitative estimate of drug-likeness (QED) is 0.733. The maximum Gasteiger partial charge on any atom is 0.433 e. The first-order chi connectivity index (χ1) is 11.6. The molecule has 1 aliphatic rings. The number of alkyl halides is 3. The maximum absolute atomic E-state index is 13.3. The fourth-order valence-corrected chi connectivity index (χ4v) is 4.37. The summed E-state index contributed by atoms with van der Waals surface area (Å²) in [6, 6.07) is -0.00613. The summed E-state index contributed by atoms with van der Waals surface area (Å²) in [6.07, 6.45) is 2.83. The van der Waals surface area contributed by atoms with E-state index >= 15 is 0 Å². The highest BCUT2D eigenvalue weighted by molar-refractivity contribution is 7.22. The minimum atomic E-state index is -4.48. The summed E-state index contributed by atoms with van der Waals surface area (Å²) in [5.74, 6) is 0. The Labute approximate surface area is 139 Å².